The third-order valence-corrected chi connectivity index (χ3v) is 1.52. The van der Waals surface area contributed by atoms with E-state index in [2.05, 4.69) is 20.8 Å². The number of hydrogen-bond acceptors (Lipinski definition) is 2. The second-order valence-electron chi connectivity index (χ2n) is 4.42. The lowest BCUT2D eigenvalue weighted by Gasteiger charge is -2.22. The number of hydrogen-bond donors (Lipinski definition) is 0. The van der Waals surface area contributed by atoms with Gasteiger partial charge >= 0.3 is 5.97 Å². The first-order chi connectivity index (χ1) is 5.35. The molecule has 0 amide bonds. The first-order valence-electron chi connectivity index (χ1n) is 4.54. The van der Waals surface area contributed by atoms with Gasteiger partial charge in [0.1, 0.15) is 0 Å². The maximum absolute atomic E-state index is 10.9. The second kappa shape index (κ2) is 4.48. The van der Waals surface area contributed by atoms with E-state index < -0.39 is 0 Å². The van der Waals surface area contributed by atoms with Gasteiger partial charge in [0.15, 0.2) is 0 Å². The maximum Gasteiger partial charge on any atom is 0.305 e. The standard InChI is InChI=1S/C10H20O2/c1-6-9(11)12-8(2)7-10(3,4)5/h8H,6-7H2,1-5H3. The van der Waals surface area contributed by atoms with Crippen LogP contribution in [0.1, 0.15) is 47.5 Å². The zero-order chi connectivity index (χ0) is 9.78. The molecule has 72 valence electrons. The first-order valence-corrected chi connectivity index (χ1v) is 4.54. The van der Waals surface area contributed by atoms with E-state index in [9.17, 15) is 4.79 Å². The van der Waals surface area contributed by atoms with E-state index >= 15 is 0 Å². The van der Waals surface area contributed by atoms with E-state index in [4.69, 9.17) is 4.74 Å². The van der Waals surface area contributed by atoms with E-state index in [-0.39, 0.29) is 17.5 Å². The van der Waals surface area contributed by atoms with Gasteiger partial charge in [-0.2, -0.15) is 0 Å². The van der Waals surface area contributed by atoms with Crippen molar-refractivity contribution in [3.05, 3.63) is 0 Å². The molecule has 0 aromatic carbocycles. The molecule has 0 heterocycles. The summed E-state index contributed by atoms with van der Waals surface area (Å²) in [6.07, 6.45) is 1.42. The molecule has 0 aliphatic rings. The van der Waals surface area contributed by atoms with E-state index in [1.807, 2.05) is 13.8 Å². The van der Waals surface area contributed by atoms with E-state index in [1.165, 1.54) is 0 Å². The van der Waals surface area contributed by atoms with Crippen molar-refractivity contribution in [3.63, 3.8) is 0 Å². The summed E-state index contributed by atoms with van der Waals surface area (Å²) in [4.78, 5) is 10.9. The van der Waals surface area contributed by atoms with Crippen molar-refractivity contribution in [2.45, 2.75) is 53.6 Å². The Labute approximate surface area is 75.3 Å². The molecule has 0 aliphatic heterocycles. The number of rotatable bonds is 3. The minimum Gasteiger partial charge on any atom is -0.463 e. The third kappa shape index (κ3) is 6.20. The van der Waals surface area contributed by atoms with E-state index in [0.29, 0.717) is 6.42 Å². The van der Waals surface area contributed by atoms with Crippen molar-refractivity contribution in [3.8, 4) is 0 Å². The molecule has 0 radical (unpaired) electrons. The van der Waals surface area contributed by atoms with Crippen molar-refractivity contribution in [2.75, 3.05) is 0 Å². The van der Waals surface area contributed by atoms with Gasteiger partial charge in [0.05, 0.1) is 6.10 Å². The smallest absolute Gasteiger partial charge is 0.305 e. The normalized spacial score (nSPS) is 14.1. The molecule has 12 heavy (non-hydrogen) atoms. The van der Waals surface area contributed by atoms with Gasteiger partial charge in [-0.3, -0.25) is 4.79 Å². The summed E-state index contributed by atoms with van der Waals surface area (Å²) >= 11 is 0. The van der Waals surface area contributed by atoms with Crippen LogP contribution in [0.15, 0.2) is 0 Å². The predicted molar refractivity (Wildman–Crippen MR) is 49.9 cm³/mol. The molecule has 1 unspecified atom stereocenters. The lowest BCUT2D eigenvalue weighted by Crippen LogP contribution is -2.20. The van der Waals surface area contributed by atoms with Crippen molar-refractivity contribution in [1.82, 2.24) is 0 Å². The number of esters is 1. The van der Waals surface area contributed by atoms with Crippen LogP contribution in [0.4, 0.5) is 0 Å². The third-order valence-electron chi connectivity index (χ3n) is 1.52. The molecule has 0 fully saturated rings. The van der Waals surface area contributed by atoms with Crippen LogP contribution >= 0.6 is 0 Å². The van der Waals surface area contributed by atoms with Gasteiger partial charge in [0, 0.05) is 6.42 Å². The summed E-state index contributed by atoms with van der Waals surface area (Å²) in [7, 11) is 0. The summed E-state index contributed by atoms with van der Waals surface area (Å²) in [5.74, 6) is -0.105. The fourth-order valence-electron chi connectivity index (χ4n) is 1.21. The Bertz CT molecular complexity index is 144. The highest BCUT2D eigenvalue weighted by Gasteiger charge is 2.17. The molecule has 2 nitrogen and oxygen atoms in total. The molecule has 0 spiro atoms. The fourth-order valence-corrected chi connectivity index (χ4v) is 1.21. The summed E-state index contributed by atoms with van der Waals surface area (Å²) in [5, 5.41) is 0. The zero-order valence-corrected chi connectivity index (χ0v) is 8.81. The van der Waals surface area contributed by atoms with E-state index in [0.717, 1.165) is 6.42 Å². The number of ether oxygens (including phenoxy) is 1. The van der Waals surface area contributed by atoms with Crippen LogP contribution < -0.4 is 0 Å². The molecule has 2 heteroatoms. The fraction of sp³-hybridized carbons (Fsp3) is 0.900. The van der Waals surface area contributed by atoms with Gasteiger partial charge in [-0.05, 0) is 18.8 Å². The molecule has 0 aromatic heterocycles. The highest BCUT2D eigenvalue weighted by Crippen LogP contribution is 2.22. The van der Waals surface area contributed by atoms with Gasteiger partial charge in [0.2, 0.25) is 0 Å². The number of carbonyl (C=O) groups is 1. The summed E-state index contributed by atoms with van der Waals surface area (Å²) < 4.78 is 5.14. The first kappa shape index (κ1) is 11.5. The Morgan fingerprint density at radius 1 is 1.42 bits per heavy atom. The van der Waals surface area contributed by atoms with Gasteiger partial charge in [0.25, 0.3) is 0 Å². The Kier molecular flexibility index (Phi) is 4.29. The Morgan fingerprint density at radius 3 is 2.25 bits per heavy atom. The van der Waals surface area contributed by atoms with Crippen LogP contribution in [0.5, 0.6) is 0 Å². The lowest BCUT2D eigenvalue weighted by molar-refractivity contribution is -0.148. The quantitative estimate of drug-likeness (QED) is 0.612. The largest absolute Gasteiger partial charge is 0.463 e. The van der Waals surface area contributed by atoms with Gasteiger partial charge in [-0.25, -0.2) is 0 Å². The van der Waals surface area contributed by atoms with Gasteiger partial charge in [-0.15, -0.1) is 0 Å². The van der Waals surface area contributed by atoms with Crippen LogP contribution in [0, 0.1) is 5.41 Å². The molecule has 1 atom stereocenters. The lowest BCUT2D eigenvalue weighted by atomic mass is 9.90. The van der Waals surface area contributed by atoms with Crippen LogP contribution in [0.25, 0.3) is 0 Å². The molecule has 0 N–H and O–H groups in total. The average molecular weight is 172 g/mol. The average Bonchev–Trinajstić information content (AvgIpc) is 1.82. The van der Waals surface area contributed by atoms with Crippen molar-refractivity contribution < 1.29 is 9.53 Å². The molecule has 0 aliphatic carbocycles. The Balaban J connectivity index is 3.74. The molecule has 0 saturated heterocycles. The van der Waals surface area contributed by atoms with Gasteiger partial charge < -0.3 is 4.74 Å². The zero-order valence-electron chi connectivity index (χ0n) is 8.81. The van der Waals surface area contributed by atoms with Crippen LogP contribution in [0.2, 0.25) is 0 Å². The van der Waals surface area contributed by atoms with Gasteiger partial charge in [-0.1, -0.05) is 27.7 Å². The number of carbonyl (C=O) groups excluding carboxylic acids is 1. The molecule has 0 bridgehead atoms. The summed E-state index contributed by atoms with van der Waals surface area (Å²) in [6.45, 7) is 10.2. The second-order valence-corrected chi connectivity index (χ2v) is 4.42. The van der Waals surface area contributed by atoms with Crippen molar-refractivity contribution >= 4 is 5.97 Å². The highest BCUT2D eigenvalue weighted by molar-refractivity contribution is 5.69. The van der Waals surface area contributed by atoms with Crippen molar-refractivity contribution in [1.29, 1.82) is 0 Å². The van der Waals surface area contributed by atoms with Crippen LogP contribution in [-0.4, -0.2) is 12.1 Å². The molecule has 0 rings (SSSR count). The summed E-state index contributed by atoms with van der Waals surface area (Å²) in [5.41, 5.74) is 0.230. The Morgan fingerprint density at radius 2 is 1.92 bits per heavy atom. The Hall–Kier alpha value is -0.530. The minimum atomic E-state index is -0.105. The monoisotopic (exact) mass is 172 g/mol. The van der Waals surface area contributed by atoms with Crippen LogP contribution in [0.3, 0.4) is 0 Å². The minimum absolute atomic E-state index is 0.0393. The van der Waals surface area contributed by atoms with E-state index in [1.54, 1.807) is 0 Å². The maximum atomic E-state index is 10.9. The molecule has 0 saturated carbocycles. The topological polar surface area (TPSA) is 26.3 Å². The summed E-state index contributed by atoms with van der Waals surface area (Å²) in [6, 6.07) is 0. The molecular weight excluding hydrogens is 152 g/mol. The molecular formula is C10H20O2. The molecule has 0 aromatic rings. The highest BCUT2D eigenvalue weighted by atomic mass is 16.5. The predicted octanol–water partition coefficient (Wildman–Crippen LogP) is 2.76. The van der Waals surface area contributed by atoms with Crippen LogP contribution in [-0.2, 0) is 9.53 Å². The SMILES string of the molecule is CCC(=O)OC(C)CC(C)(C)C. The van der Waals surface area contributed by atoms with Crippen molar-refractivity contribution in [2.24, 2.45) is 5.41 Å².